The summed E-state index contributed by atoms with van der Waals surface area (Å²) in [6.45, 7) is -0.0292. The van der Waals surface area contributed by atoms with Crippen molar-refractivity contribution in [3.8, 4) is 6.07 Å². The molecule has 3 atom stereocenters. The van der Waals surface area contributed by atoms with E-state index in [0.29, 0.717) is 34.7 Å². The Morgan fingerprint density at radius 3 is 2.71 bits per heavy atom. The summed E-state index contributed by atoms with van der Waals surface area (Å²) in [6.07, 6.45) is 9.80. The minimum Gasteiger partial charge on any atom is -0.391 e. The number of anilines is 2. The maximum absolute atomic E-state index is 15.1. The minimum absolute atomic E-state index is 0.0230. The van der Waals surface area contributed by atoms with Crippen molar-refractivity contribution in [2.75, 3.05) is 17.2 Å². The Morgan fingerprint density at radius 2 is 1.98 bits per heavy atom. The third-order valence-corrected chi connectivity index (χ3v) is 7.81. The zero-order valence-corrected chi connectivity index (χ0v) is 22.5. The molecule has 210 valence electrons. The Kier molecular flexibility index (Phi) is 8.18. The van der Waals surface area contributed by atoms with Gasteiger partial charge < -0.3 is 26.4 Å². The van der Waals surface area contributed by atoms with Crippen LogP contribution in [0, 0.1) is 23.1 Å². The van der Waals surface area contributed by atoms with E-state index in [1.807, 2.05) is 12.1 Å². The minimum atomic E-state index is -1.02. The summed E-state index contributed by atoms with van der Waals surface area (Å²) in [5, 5.41) is 24.9. The molecule has 1 saturated heterocycles. The monoisotopic (exact) mass is 553 g/mol. The van der Waals surface area contributed by atoms with Gasteiger partial charge in [-0.3, -0.25) is 4.79 Å². The van der Waals surface area contributed by atoms with Crippen molar-refractivity contribution in [1.82, 2.24) is 4.90 Å². The van der Waals surface area contributed by atoms with Crippen LogP contribution >= 0.6 is 0 Å². The molecule has 9 heteroatoms. The molecule has 1 aliphatic heterocycles. The third-order valence-electron chi connectivity index (χ3n) is 7.81. The van der Waals surface area contributed by atoms with Gasteiger partial charge in [0.2, 0.25) is 5.91 Å². The van der Waals surface area contributed by atoms with E-state index < -0.39 is 35.4 Å². The summed E-state index contributed by atoms with van der Waals surface area (Å²) < 4.78 is 15.1. The normalized spacial score (nSPS) is 21.3. The number of urea groups is 1. The maximum Gasteiger partial charge on any atom is 0.322 e. The van der Waals surface area contributed by atoms with Crippen LogP contribution < -0.4 is 16.4 Å². The smallest absolute Gasteiger partial charge is 0.322 e. The number of allylic oxidation sites excluding steroid dienone is 3. The van der Waals surface area contributed by atoms with E-state index in [4.69, 9.17) is 5.73 Å². The highest BCUT2D eigenvalue weighted by Crippen LogP contribution is 2.41. The van der Waals surface area contributed by atoms with E-state index in [2.05, 4.69) is 22.4 Å². The zero-order valence-electron chi connectivity index (χ0n) is 22.5. The topological polar surface area (TPSA) is 131 Å². The standard InChI is InChI=1S/C32H32FN5O3/c33-27-14-13-24(32(35,16-15-21-9-10-21)23-6-4-5-22(19-34)11-12-23)17-28(27)37-30(40)29-18-26(39)20-38(29)31(41)36-25-7-2-1-3-8-25/h1-8,12-14,17,21,26,29,39H,9-10,15-16,18,20,35H2,(H,36,41)(H,37,40)/t26-,29-,32?/m1/s1. The predicted molar refractivity (Wildman–Crippen MR) is 154 cm³/mol. The SMILES string of the molecule is N#CC1=C=CC(C(N)(CCC2CC2)c2ccc(F)c(NC(=O)[C@H]3C[C@@H](O)CN3C(=O)Nc3ccccc3)c2)=CC=C1. The van der Waals surface area contributed by atoms with E-state index >= 15 is 4.39 Å². The fourth-order valence-corrected chi connectivity index (χ4v) is 5.26. The van der Waals surface area contributed by atoms with E-state index in [0.717, 1.165) is 19.3 Å². The van der Waals surface area contributed by atoms with Crippen LogP contribution in [0.25, 0.3) is 0 Å². The Hall–Kier alpha value is -4.48. The second-order valence-corrected chi connectivity index (χ2v) is 10.8. The Morgan fingerprint density at radius 1 is 1.20 bits per heavy atom. The van der Waals surface area contributed by atoms with E-state index in [1.54, 1.807) is 48.6 Å². The molecule has 0 radical (unpaired) electrons. The third kappa shape index (κ3) is 6.47. The number of halogens is 1. The number of likely N-dealkylation sites (tertiary alicyclic amines) is 1. The quantitative estimate of drug-likeness (QED) is 0.346. The molecule has 1 unspecified atom stereocenters. The van der Waals surface area contributed by atoms with Gasteiger partial charge in [0.25, 0.3) is 0 Å². The number of carbonyl (C=O) groups excluding carboxylic acids is 2. The molecule has 5 N–H and O–H groups in total. The van der Waals surface area contributed by atoms with Crippen molar-refractivity contribution in [3.63, 3.8) is 0 Å². The predicted octanol–water partition coefficient (Wildman–Crippen LogP) is 4.88. The van der Waals surface area contributed by atoms with E-state index in [9.17, 15) is 20.0 Å². The molecule has 3 aliphatic rings. The summed E-state index contributed by atoms with van der Waals surface area (Å²) >= 11 is 0. The first-order chi connectivity index (χ1) is 19.8. The summed E-state index contributed by atoms with van der Waals surface area (Å²) in [7, 11) is 0. The average molecular weight is 554 g/mol. The van der Waals surface area contributed by atoms with Crippen molar-refractivity contribution in [1.29, 1.82) is 5.26 Å². The molecule has 0 spiro atoms. The lowest BCUT2D eigenvalue weighted by Gasteiger charge is -2.32. The molecule has 8 nitrogen and oxygen atoms in total. The number of aliphatic hydroxyl groups is 1. The number of hydrogen-bond acceptors (Lipinski definition) is 5. The van der Waals surface area contributed by atoms with Crippen LogP contribution in [0.15, 0.2) is 89.7 Å². The molecule has 2 aromatic rings. The highest BCUT2D eigenvalue weighted by molar-refractivity contribution is 5.99. The van der Waals surface area contributed by atoms with Gasteiger partial charge in [-0.15, -0.1) is 5.73 Å². The van der Waals surface area contributed by atoms with Crippen LogP contribution in [0.5, 0.6) is 0 Å². The number of amides is 3. The second kappa shape index (κ2) is 11.9. The number of nitriles is 1. The lowest BCUT2D eigenvalue weighted by atomic mass is 9.78. The fourth-order valence-electron chi connectivity index (χ4n) is 5.26. The molecule has 2 aromatic carbocycles. The van der Waals surface area contributed by atoms with Gasteiger partial charge in [-0.1, -0.05) is 49.3 Å². The van der Waals surface area contributed by atoms with Gasteiger partial charge in [-0.05, 0) is 66.3 Å². The molecule has 41 heavy (non-hydrogen) atoms. The molecule has 2 aliphatic carbocycles. The van der Waals surface area contributed by atoms with Crippen molar-refractivity contribution >= 4 is 23.3 Å². The molecule has 2 fully saturated rings. The van der Waals surface area contributed by atoms with Gasteiger partial charge in [-0.2, -0.15) is 5.26 Å². The number of rotatable bonds is 8. The summed E-state index contributed by atoms with van der Waals surface area (Å²) in [5.41, 5.74) is 11.2. The van der Waals surface area contributed by atoms with Crippen LogP contribution in [0.4, 0.5) is 20.6 Å². The molecule has 0 bridgehead atoms. The number of benzene rings is 2. The number of nitrogens with two attached hydrogens (primary N) is 1. The molecular formula is C32H32FN5O3. The maximum atomic E-state index is 15.1. The first-order valence-corrected chi connectivity index (χ1v) is 13.7. The molecular weight excluding hydrogens is 521 g/mol. The van der Waals surface area contributed by atoms with Crippen LogP contribution in [-0.4, -0.2) is 40.6 Å². The van der Waals surface area contributed by atoms with Crippen molar-refractivity contribution in [2.45, 2.75) is 49.8 Å². The van der Waals surface area contributed by atoms with Crippen LogP contribution in [0.3, 0.4) is 0 Å². The molecule has 1 saturated carbocycles. The first kappa shape index (κ1) is 28.1. The second-order valence-electron chi connectivity index (χ2n) is 10.8. The van der Waals surface area contributed by atoms with Gasteiger partial charge in [0.1, 0.15) is 17.9 Å². The molecule has 3 amide bonds. The highest BCUT2D eigenvalue weighted by atomic mass is 19.1. The van der Waals surface area contributed by atoms with Crippen molar-refractivity contribution in [3.05, 3.63) is 101 Å². The number of hydrogen-bond donors (Lipinski definition) is 4. The fraction of sp³-hybridized carbons (Fsp3) is 0.312. The number of aliphatic hydroxyl groups excluding tert-OH is 1. The number of carbonyl (C=O) groups is 2. The van der Waals surface area contributed by atoms with E-state index in [-0.39, 0.29) is 18.7 Å². The number of nitrogens with one attached hydrogen (secondary N) is 2. The van der Waals surface area contributed by atoms with Gasteiger partial charge >= 0.3 is 6.03 Å². The Balaban J connectivity index is 1.39. The number of para-hydroxylation sites is 1. The largest absolute Gasteiger partial charge is 0.391 e. The Bertz CT molecular complexity index is 1500. The number of nitrogens with zero attached hydrogens (tertiary/aromatic N) is 2. The highest BCUT2D eigenvalue weighted by Gasteiger charge is 2.40. The van der Waals surface area contributed by atoms with Gasteiger partial charge in [0.05, 0.1) is 22.9 Å². The zero-order chi connectivity index (χ0) is 29.0. The lowest BCUT2D eigenvalue weighted by molar-refractivity contribution is -0.119. The van der Waals surface area contributed by atoms with Crippen molar-refractivity contribution in [2.24, 2.45) is 11.7 Å². The average Bonchev–Trinajstić information content (AvgIpc) is 3.76. The van der Waals surface area contributed by atoms with Crippen LogP contribution in [0.2, 0.25) is 0 Å². The molecule has 5 rings (SSSR count). The van der Waals surface area contributed by atoms with Crippen LogP contribution in [0.1, 0.15) is 37.7 Å². The van der Waals surface area contributed by atoms with Gasteiger partial charge in [0.15, 0.2) is 0 Å². The van der Waals surface area contributed by atoms with Crippen molar-refractivity contribution < 1.29 is 19.1 Å². The molecule has 0 aromatic heterocycles. The lowest BCUT2D eigenvalue weighted by Crippen LogP contribution is -2.45. The Labute approximate surface area is 238 Å². The number of β-amino-alcohol motifs (C(OH)–C–C–N with tert-alkyl or cyclic N) is 1. The summed E-state index contributed by atoms with van der Waals surface area (Å²) in [4.78, 5) is 27.6. The first-order valence-electron chi connectivity index (χ1n) is 13.7. The van der Waals surface area contributed by atoms with Crippen LogP contribution in [-0.2, 0) is 10.3 Å². The molecule has 1 heterocycles. The van der Waals surface area contributed by atoms with Gasteiger partial charge in [-0.25, -0.2) is 9.18 Å². The summed E-state index contributed by atoms with van der Waals surface area (Å²) in [6, 6.07) is 13.7. The van der Waals surface area contributed by atoms with E-state index in [1.165, 1.54) is 17.0 Å². The summed E-state index contributed by atoms with van der Waals surface area (Å²) in [5.74, 6) is -0.669. The van der Waals surface area contributed by atoms with Gasteiger partial charge in [0, 0.05) is 18.7 Å².